The van der Waals surface area contributed by atoms with Gasteiger partial charge in [0, 0.05) is 19.0 Å². The van der Waals surface area contributed by atoms with Gasteiger partial charge in [0.05, 0.1) is 17.3 Å². The lowest BCUT2D eigenvalue weighted by atomic mass is 10.1. The molecule has 0 saturated carbocycles. The van der Waals surface area contributed by atoms with Crippen molar-refractivity contribution in [1.29, 1.82) is 0 Å². The highest BCUT2D eigenvalue weighted by Crippen LogP contribution is 2.17. The summed E-state index contributed by atoms with van der Waals surface area (Å²) in [7, 11) is 0. The Labute approximate surface area is 101 Å². The van der Waals surface area contributed by atoms with E-state index < -0.39 is 23.6 Å². The van der Waals surface area contributed by atoms with Gasteiger partial charge in [-0.05, 0) is 6.07 Å². The molecule has 1 atom stereocenters. The van der Waals surface area contributed by atoms with Crippen molar-refractivity contribution in [1.82, 2.24) is 10.6 Å². The number of hydrogen-bond donors (Lipinski definition) is 3. The van der Waals surface area contributed by atoms with Crippen molar-refractivity contribution in [3.63, 3.8) is 0 Å². The number of hydrogen-bond acceptors (Lipinski definition) is 3. The number of nitrogen functional groups attached to an aromatic ring is 1. The Bertz CT molecular complexity index is 519. The van der Waals surface area contributed by atoms with Crippen molar-refractivity contribution < 1.29 is 18.4 Å². The fourth-order valence-corrected chi connectivity index (χ4v) is 1.71. The number of anilines is 1. The van der Waals surface area contributed by atoms with E-state index in [2.05, 4.69) is 10.6 Å². The van der Waals surface area contributed by atoms with E-state index in [0.29, 0.717) is 12.6 Å². The number of rotatable bonds is 2. The second-order valence-corrected chi connectivity index (χ2v) is 4.03. The maximum Gasteiger partial charge on any atom is 0.254 e. The largest absolute Gasteiger partial charge is 0.396 e. The Morgan fingerprint density at radius 2 is 2.11 bits per heavy atom. The van der Waals surface area contributed by atoms with E-state index in [0.717, 1.165) is 6.07 Å². The molecule has 0 aliphatic carbocycles. The summed E-state index contributed by atoms with van der Waals surface area (Å²) in [6.07, 6.45) is 0.143. The van der Waals surface area contributed by atoms with Crippen LogP contribution in [-0.4, -0.2) is 24.4 Å². The normalized spacial score (nSPS) is 18.6. The van der Waals surface area contributed by atoms with Gasteiger partial charge in [0.2, 0.25) is 5.91 Å². The van der Waals surface area contributed by atoms with E-state index in [-0.39, 0.29) is 23.6 Å². The molecule has 0 bridgehead atoms. The topological polar surface area (TPSA) is 84.2 Å². The zero-order chi connectivity index (χ0) is 13.3. The molecule has 0 spiro atoms. The molecule has 2 rings (SSSR count). The van der Waals surface area contributed by atoms with Gasteiger partial charge in [-0.3, -0.25) is 9.59 Å². The number of amides is 2. The third-order valence-electron chi connectivity index (χ3n) is 2.64. The van der Waals surface area contributed by atoms with E-state index in [1.807, 2.05) is 0 Å². The van der Waals surface area contributed by atoms with Crippen LogP contribution in [0.15, 0.2) is 12.1 Å². The van der Waals surface area contributed by atoms with Gasteiger partial charge in [-0.25, -0.2) is 8.78 Å². The smallest absolute Gasteiger partial charge is 0.254 e. The third-order valence-corrected chi connectivity index (χ3v) is 2.64. The van der Waals surface area contributed by atoms with Crippen molar-refractivity contribution in [3.8, 4) is 0 Å². The summed E-state index contributed by atoms with van der Waals surface area (Å²) in [6, 6.07) is 1.10. The summed E-state index contributed by atoms with van der Waals surface area (Å²) in [5, 5.41) is 5.00. The van der Waals surface area contributed by atoms with Gasteiger partial charge >= 0.3 is 0 Å². The Morgan fingerprint density at radius 3 is 2.72 bits per heavy atom. The first-order valence-electron chi connectivity index (χ1n) is 5.29. The number of halogens is 2. The summed E-state index contributed by atoms with van der Waals surface area (Å²) < 4.78 is 26.3. The Kier molecular flexibility index (Phi) is 3.14. The molecule has 4 N–H and O–H groups in total. The molecule has 1 fully saturated rings. The van der Waals surface area contributed by atoms with Gasteiger partial charge < -0.3 is 16.4 Å². The minimum Gasteiger partial charge on any atom is -0.396 e. The molecule has 96 valence electrons. The Morgan fingerprint density at radius 1 is 1.39 bits per heavy atom. The molecule has 1 aliphatic rings. The van der Waals surface area contributed by atoms with Crippen LogP contribution >= 0.6 is 0 Å². The van der Waals surface area contributed by atoms with Crippen molar-refractivity contribution in [2.24, 2.45) is 0 Å². The second kappa shape index (κ2) is 4.59. The molecular weight excluding hydrogens is 244 g/mol. The van der Waals surface area contributed by atoms with Crippen LogP contribution in [-0.2, 0) is 4.79 Å². The minimum absolute atomic E-state index is 0.143. The van der Waals surface area contributed by atoms with E-state index in [4.69, 9.17) is 5.73 Å². The summed E-state index contributed by atoms with van der Waals surface area (Å²) >= 11 is 0. The fourth-order valence-electron chi connectivity index (χ4n) is 1.71. The average molecular weight is 255 g/mol. The quantitative estimate of drug-likeness (QED) is 0.658. The summed E-state index contributed by atoms with van der Waals surface area (Å²) in [5.74, 6) is -2.81. The molecule has 1 unspecified atom stereocenters. The SMILES string of the molecule is Nc1cc(C(=O)NC2CNC(=O)C2)c(F)cc1F. The highest BCUT2D eigenvalue weighted by Gasteiger charge is 2.24. The lowest BCUT2D eigenvalue weighted by Gasteiger charge is -2.11. The second-order valence-electron chi connectivity index (χ2n) is 4.03. The molecule has 1 heterocycles. The maximum atomic E-state index is 13.4. The first kappa shape index (κ1) is 12.3. The van der Waals surface area contributed by atoms with Crippen LogP contribution < -0.4 is 16.4 Å². The van der Waals surface area contributed by atoms with E-state index in [1.165, 1.54) is 0 Å². The summed E-state index contributed by atoms with van der Waals surface area (Å²) in [4.78, 5) is 22.7. The number of nitrogens with two attached hydrogens (primary N) is 1. The Balaban J connectivity index is 2.14. The predicted octanol–water partition coefficient (Wildman–Crippen LogP) is 0.165. The van der Waals surface area contributed by atoms with Crippen LogP contribution in [0.1, 0.15) is 16.8 Å². The average Bonchev–Trinajstić information content (AvgIpc) is 2.69. The molecule has 1 aromatic rings. The van der Waals surface area contributed by atoms with Crippen LogP contribution in [0.4, 0.5) is 14.5 Å². The molecule has 1 saturated heterocycles. The van der Waals surface area contributed by atoms with E-state index in [1.54, 1.807) is 0 Å². The van der Waals surface area contributed by atoms with Gasteiger partial charge in [-0.15, -0.1) is 0 Å². The molecular formula is C11H11F2N3O2. The standard InChI is InChI=1S/C11H11F2N3O2/c12-7-3-8(13)9(14)2-6(7)11(18)16-5-1-10(17)15-4-5/h2-3,5H,1,4,14H2,(H,15,17)(H,16,18). The molecule has 0 radical (unpaired) electrons. The first-order chi connectivity index (χ1) is 8.47. The maximum absolute atomic E-state index is 13.4. The molecule has 18 heavy (non-hydrogen) atoms. The van der Waals surface area contributed by atoms with Crippen LogP contribution in [0.2, 0.25) is 0 Å². The predicted molar refractivity (Wildman–Crippen MR) is 59.7 cm³/mol. The minimum atomic E-state index is -0.989. The van der Waals surface area contributed by atoms with Crippen molar-refractivity contribution in [2.45, 2.75) is 12.5 Å². The zero-order valence-electron chi connectivity index (χ0n) is 9.30. The van der Waals surface area contributed by atoms with Crippen molar-refractivity contribution in [2.75, 3.05) is 12.3 Å². The third kappa shape index (κ3) is 2.39. The van der Waals surface area contributed by atoms with Crippen molar-refractivity contribution in [3.05, 3.63) is 29.3 Å². The monoisotopic (exact) mass is 255 g/mol. The molecule has 2 amide bonds. The van der Waals surface area contributed by atoms with Crippen LogP contribution in [0.25, 0.3) is 0 Å². The Hall–Kier alpha value is -2.18. The van der Waals surface area contributed by atoms with Gasteiger partial charge in [0.1, 0.15) is 11.6 Å². The zero-order valence-corrected chi connectivity index (χ0v) is 9.30. The molecule has 0 aromatic heterocycles. The molecule has 1 aromatic carbocycles. The molecule has 5 nitrogen and oxygen atoms in total. The number of carbonyl (C=O) groups is 2. The molecule has 7 heteroatoms. The van der Waals surface area contributed by atoms with Crippen LogP contribution in [0.5, 0.6) is 0 Å². The summed E-state index contributed by atoms with van der Waals surface area (Å²) in [6.45, 7) is 0.295. The lowest BCUT2D eigenvalue weighted by molar-refractivity contribution is -0.119. The van der Waals surface area contributed by atoms with Gasteiger partial charge in [-0.1, -0.05) is 0 Å². The fraction of sp³-hybridized carbons (Fsp3) is 0.273. The first-order valence-corrected chi connectivity index (χ1v) is 5.29. The van der Waals surface area contributed by atoms with Gasteiger partial charge in [0.15, 0.2) is 0 Å². The van der Waals surface area contributed by atoms with Crippen molar-refractivity contribution >= 4 is 17.5 Å². The lowest BCUT2D eigenvalue weighted by Crippen LogP contribution is -2.36. The number of carbonyl (C=O) groups excluding carboxylic acids is 2. The summed E-state index contributed by atoms with van der Waals surface area (Å²) in [5.41, 5.74) is 4.63. The molecule has 1 aliphatic heterocycles. The highest BCUT2D eigenvalue weighted by molar-refractivity contribution is 5.96. The van der Waals surface area contributed by atoms with Gasteiger partial charge in [-0.2, -0.15) is 0 Å². The highest BCUT2D eigenvalue weighted by atomic mass is 19.1. The van der Waals surface area contributed by atoms with E-state index >= 15 is 0 Å². The van der Waals surface area contributed by atoms with Crippen LogP contribution in [0, 0.1) is 11.6 Å². The number of benzene rings is 1. The van der Waals surface area contributed by atoms with Crippen LogP contribution in [0.3, 0.4) is 0 Å². The number of nitrogens with one attached hydrogen (secondary N) is 2. The van der Waals surface area contributed by atoms with Gasteiger partial charge in [0.25, 0.3) is 5.91 Å². The van der Waals surface area contributed by atoms with E-state index in [9.17, 15) is 18.4 Å².